The number of amides is 1. The van der Waals surface area contributed by atoms with Gasteiger partial charge in [-0.1, -0.05) is 13.3 Å². The third-order valence-electron chi connectivity index (χ3n) is 4.28. The quantitative estimate of drug-likeness (QED) is 0.843. The van der Waals surface area contributed by atoms with Gasteiger partial charge in [-0.2, -0.15) is 0 Å². The molecule has 0 spiro atoms. The first-order chi connectivity index (χ1) is 9.11. The molecule has 1 amide bonds. The predicted molar refractivity (Wildman–Crippen MR) is 69.7 cm³/mol. The molecule has 2 rings (SSSR count). The topological polar surface area (TPSA) is 66.8 Å². The van der Waals surface area contributed by atoms with Crippen molar-refractivity contribution in [3.8, 4) is 0 Å². The molecule has 1 saturated heterocycles. The van der Waals surface area contributed by atoms with E-state index in [2.05, 4.69) is 6.92 Å². The van der Waals surface area contributed by atoms with Crippen LogP contribution in [0.25, 0.3) is 0 Å². The molecule has 5 nitrogen and oxygen atoms in total. The summed E-state index contributed by atoms with van der Waals surface area (Å²) < 4.78 is 5.57. The Morgan fingerprint density at radius 3 is 2.74 bits per heavy atom. The Kier molecular flexibility index (Phi) is 4.80. The van der Waals surface area contributed by atoms with Crippen molar-refractivity contribution >= 4 is 11.9 Å². The minimum Gasteiger partial charge on any atom is -0.481 e. The van der Waals surface area contributed by atoms with Crippen LogP contribution in [0.5, 0.6) is 0 Å². The van der Waals surface area contributed by atoms with Crippen LogP contribution in [0, 0.1) is 11.8 Å². The summed E-state index contributed by atoms with van der Waals surface area (Å²) in [7, 11) is 0. The maximum Gasteiger partial charge on any atom is 0.306 e. The molecule has 19 heavy (non-hydrogen) atoms. The molecule has 1 aliphatic heterocycles. The fourth-order valence-electron chi connectivity index (χ4n) is 3.06. The van der Waals surface area contributed by atoms with Crippen molar-refractivity contribution in [1.82, 2.24) is 4.90 Å². The summed E-state index contributed by atoms with van der Waals surface area (Å²) in [4.78, 5) is 25.4. The Labute approximate surface area is 113 Å². The van der Waals surface area contributed by atoms with Crippen LogP contribution >= 0.6 is 0 Å². The fourth-order valence-corrected chi connectivity index (χ4v) is 3.06. The van der Waals surface area contributed by atoms with E-state index in [4.69, 9.17) is 9.84 Å². The van der Waals surface area contributed by atoms with E-state index in [1.54, 1.807) is 0 Å². The average Bonchev–Trinajstić information content (AvgIpc) is 2.46. The molecule has 0 aromatic heterocycles. The average molecular weight is 269 g/mol. The third kappa shape index (κ3) is 3.47. The van der Waals surface area contributed by atoms with Crippen LogP contribution in [0.3, 0.4) is 0 Å². The lowest BCUT2D eigenvalue weighted by molar-refractivity contribution is -0.148. The summed E-state index contributed by atoms with van der Waals surface area (Å²) in [6.45, 7) is 3.95. The summed E-state index contributed by atoms with van der Waals surface area (Å²) in [6, 6.07) is 0. The lowest BCUT2D eigenvalue weighted by atomic mass is 9.80. The molecule has 1 heterocycles. The number of ether oxygens (including phenoxy) is 1. The molecule has 2 fully saturated rings. The summed E-state index contributed by atoms with van der Waals surface area (Å²) in [6.07, 6.45) is 3.93. The summed E-state index contributed by atoms with van der Waals surface area (Å²) >= 11 is 0. The monoisotopic (exact) mass is 269 g/mol. The zero-order valence-electron chi connectivity index (χ0n) is 11.5. The predicted octanol–water partition coefficient (Wildman–Crippen LogP) is 1.51. The maximum atomic E-state index is 12.5. The SMILES string of the molecule is CC[C@@H]1CN(C(=O)[C@H]2CCC[C@H](C(=O)O)C2)CCO1. The van der Waals surface area contributed by atoms with Gasteiger partial charge < -0.3 is 14.7 Å². The van der Waals surface area contributed by atoms with Gasteiger partial charge in [-0.15, -0.1) is 0 Å². The molecule has 108 valence electrons. The summed E-state index contributed by atoms with van der Waals surface area (Å²) in [5, 5.41) is 9.08. The standard InChI is InChI=1S/C14H23NO4/c1-2-12-9-15(6-7-19-12)13(16)10-4-3-5-11(8-10)14(17)18/h10-12H,2-9H2,1H3,(H,17,18)/t10-,11-,12+/m0/s1. The molecule has 0 radical (unpaired) electrons. The Balaban J connectivity index is 1.93. The van der Waals surface area contributed by atoms with Crippen LogP contribution in [0.2, 0.25) is 0 Å². The van der Waals surface area contributed by atoms with Gasteiger partial charge in [0.2, 0.25) is 5.91 Å². The Hall–Kier alpha value is -1.10. The number of carbonyl (C=O) groups is 2. The van der Waals surface area contributed by atoms with Gasteiger partial charge in [-0.25, -0.2) is 0 Å². The minimum atomic E-state index is -0.758. The van der Waals surface area contributed by atoms with Gasteiger partial charge in [-0.05, 0) is 25.7 Å². The number of nitrogens with zero attached hydrogens (tertiary/aromatic N) is 1. The number of aliphatic carboxylic acids is 1. The van der Waals surface area contributed by atoms with Crippen molar-refractivity contribution < 1.29 is 19.4 Å². The first-order valence-electron chi connectivity index (χ1n) is 7.25. The van der Waals surface area contributed by atoms with Gasteiger partial charge in [0.1, 0.15) is 0 Å². The molecule has 0 bridgehead atoms. The molecule has 0 aromatic carbocycles. The summed E-state index contributed by atoms with van der Waals surface area (Å²) in [5.41, 5.74) is 0. The molecule has 1 N–H and O–H groups in total. The van der Waals surface area contributed by atoms with Crippen molar-refractivity contribution in [2.45, 2.75) is 45.1 Å². The maximum absolute atomic E-state index is 12.5. The molecule has 2 aliphatic rings. The molecule has 0 aromatic rings. The number of carboxylic acid groups (broad SMARTS) is 1. The van der Waals surface area contributed by atoms with Gasteiger partial charge in [0, 0.05) is 19.0 Å². The second-order valence-electron chi connectivity index (χ2n) is 5.58. The first kappa shape index (κ1) is 14.3. The van der Waals surface area contributed by atoms with Crippen LogP contribution < -0.4 is 0 Å². The van der Waals surface area contributed by atoms with Crippen LogP contribution in [0.4, 0.5) is 0 Å². The van der Waals surface area contributed by atoms with Crippen molar-refractivity contribution in [3.05, 3.63) is 0 Å². The van der Waals surface area contributed by atoms with Crippen molar-refractivity contribution in [2.75, 3.05) is 19.7 Å². The largest absolute Gasteiger partial charge is 0.481 e. The number of hydrogen-bond acceptors (Lipinski definition) is 3. The Morgan fingerprint density at radius 1 is 1.32 bits per heavy atom. The minimum absolute atomic E-state index is 0.106. The third-order valence-corrected chi connectivity index (χ3v) is 4.28. The summed E-state index contributed by atoms with van der Waals surface area (Å²) in [5.74, 6) is -1.07. The van der Waals surface area contributed by atoms with Crippen LogP contribution in [0.15, 0.2) is 0 Å². The molecule has 3 atom stereocenters. The smallest absolute Gasteiger partial charge is 0.306 e. The normalized spacial score (nSPS) is 32.1. The zero-order chi connectivity index (χ0) is 13.8. The van der Waals surface area contributed by atoms with E-state index in [1.807, 2.05) is 4.90 Å². The molecular weight excluding hydrogens is 246 g/mol. The van der Waals surface area contributed by atoms with E-state index in [0.717, 1.165) is 19.3 Å². The Bertz CT molecular complexity index is 344. The van der Waals surface area contributed by atoms with E-state index in [0.29, 0.717) is 32.5 Å². The highest BCUT2D eigenvalue weighted by Gasteiger charge is 2.34. The van der Waals surface area contributed by atoms with Gasteiger partial charge in [0.05, 0.1) is 18.6 Å². The lowest BCUT2D eigenvalue weighted by Gasteiger charge is -2.36. The molecule has 1 saturated carbocycles. The highest BCUT2D eigenvalue weighted by Crippen LogP contribution is 2.31. The number of hydrogen-bond donors (Lipinski definition) is 1. The van der Waals surface area contributed by atoms with Gasteiger partial charge in [-0.3, -0.25) is 9.59 Å². The molecule has 1 aliphatic carbocycles. The van der Waals surface area contributed by atoms with E-state index in [1.165, 1.54) is 0 Å². The van der Waals surface area contributed by atoms with Crippen molar-refractivity contribution in [1.29, 1.82) is 0 Å². The molecule has 5 heteroatoms. The Morgan fingerprint density at radius 2 is 2.05 bits per heavy atom. The van der Waals surface area contributed by atoms with Gasteiger partial charge in [0.15, 0.2) is 0 Å². The number of rotatable bonds is 3. The van der Waals surface area contributed by atoms with Crippen molar-refractivity contribution in [3.63, 3.8) is 0 Å². The van der Waals surface area contributed by atoms with Crippen molar-refractivity contribution in [2.24, 2.45) is 11.8 Å². The fraction of sp³-hybridized carbons (Fsp3) is 0.857. The second kappa shape index (κ2) is 6.37. The van der Waals surface area contributed by atoms with Gasteiger partial charge in [0.25, 0.3) is 0 Å². The first-order valence-corrected chi connectivity index (χ1v) is 7.25. The zero-order valence-corrected chi connectivity index (χ0v) is 11.5. The molecular formula is C14H23NO4. The van der Waals surface area contributed by atoms with E-state index >= 15 is 0 Å². The van der Waals surface area contributed by atoms with Crippen LogP contribution in [0.1, 0.15) is 39.0 Å². The van der Waals surface area contributed by atoms with Crippen LogP contribution in [-0.4, -0.2) is 47.7 Å². The lowest BCUT2D eigenvalue weighted by Crippen LogP contribution is -2.48. The highest BCUT2D eigenvalue weighted by molar-refractivity contribution is 5.80. The van der Waals surface area contributed by atoms with E-state index in [-0.39, 0.29) is 23.8 Å². The number of morpholine rings is 1. The van der Waals surface area contributed by atoms with Gasteiger partial charge >= 0.3 is 5.97 Å². The number of carbonyl (C=O) groups excluding carboxylic acids is 1. The second-order valence-corrected chi connectivity index (χ2v) is 5.58. The van der Waals surface area contributed by atoms with E-state index in [9.17, 15) is 9.59 Å². The number of carboxylic acids is 1. The molecule has 0 unspecified atom stereocenters. The highest BCUT2D eigenvalue weighted by atomic mass is 16.5. The van der Waals surface area contributed by atoms with E-state index < -0.39 is 5.97 Å². The van der Waals surface area contributed by atoms with Crippen LogP contribution in [-0.2, 0) is 14.3 Å².